The van der Waals surface area contributed by atoms with Crippen LogP contribution in [0.1, 0.15) is 6.42 Å². The van der Waals surface area contributed by atoms with Gasteiger partial charge in [0.2, 0.25) is 0 Å². The lowest BCUT2D eigenvalue weighted by molar-refractivity contribution is -0.167. The normalized spacial score (nSPS) is 26.2. The average molecular weight is 381 g/mol. The number of hydrogen-bond donors (Lipinski definition) is 0. The second kappa shape index (κ2) is 5.19. The highest BCUT2D eigenvalue weighted by atomic mass is 127. The third-order valence-corrected chi connectivity index (χ3v) is 5.06. The Labute approximate surface area is 110 Å². The minimum Gasteiger partial charge on any atom is -0.208 e. The van der Waals surface area contributed by atoms with Crippen molar-refractivity contribution in [2.24, 2.45) is 5.92 Å². The number of allylic oxidation sites excluding steroid dienone is 4. The van der Waals surface area contributed by atoms with E-state index in [1.165, 1.54) is 22.6 Å². The molecule has 0 saturated heterocycles. The van der Waals surface area contributed by atoms with Crippen LogP contribution in [0.25, 0.3) is 0 Å². The summed E-state index contributed by atoms with van der Waals surface area (Å²) in [5, 5.41) is 8.42. The van der Waals surface area contributed by atoms with E-state index < -0.39 is 35.8 Å². The molecule has 0 saturated carbocycles. The Morgan fingerprint density at radius 2 is 1.88 bits per heavy atom. The van der Waals surface area contributed by atoms with Gasteiger partial charge in [0.25, 0.3) is 0 Å². The fourth-order valence-corrected chi connectivity index (χ4v) is 2.85. The van der Waals surface area contributed by atoms with Gasteiger partial charge in [-0.2, -0.15) is 18.4 Å². The first-order chi connectivity index (χ1) is 7.71. The molecular weight excluding hydrogens is 375 g/mol. The van der Waals surface area contributed by atoms with E-state index in [-0.39, 0.29) is 9.15 Å². The molecule has 0 aromatic carbocycles. The Kier molecular flexibility index (Phi) is 4.53. The third kappa shape index (κ3) is 2.79. The highest BCUT2D eigenvalue weighted by molar-refractivity contribution is 14.1. The van der Waals surface area contributed by atoms with Crippen molar-refractivity contribution in [3.8, 4) is 6.07 Å². The van der Waals surface area contributed by atoms with Crippen LogP contribution in [0.15, 0.2) is 20.8 Å². The van der Waals surface area contributed by atoms with Gasteiger partial charge in [0.05, 0.1) is 12.5 Å². The molecule has 8 heteroatoms. The second-order valence-electron chi connectivity index (χ2n) is 3.37. The van der Waals surface area contributed by atoms with Crippen molar-refractivity contribution in [3.05, 3.63) is 20.8 Å². The van der Waals surface area contributed by atoms with Crippen LogP contribution in [0.2, 0.25) is 0 Å². The van der Waals surface area contributed by atoms with Crippen LogP contribution in [0.5, 0.6) is 0 Å². The number of nitrogens with zero attached hydrogens (tertiary/aromatic N) is 1. The molecule has 17 heavy (non-hydrogen) atoms. The molecule has 0 N–H and O–H groups in total. The maximum Gasteiger partial charge on any atom is 0.399 e. The Morgan fingerprint density at radius 3 is 2.29 bits per heavy atom. The van der Waals surface area contributed by atoms with Gasteiger partial charge >= 0.3 is 6.18 Å². The average Bonchev–Trinajstić information content (AvgIpc) is 2.20. The first-order valence-electron chi connectivity index (χ1n) is 4.35. The second-order valence-corrected chi connectivity index (χ2v) is 5.25. The molecule has 0 heterocycles. The van der Waals surface area contributed by atoms with Gasteiger partial charge in [-0.05, 0) is 22.6 Å². The SMILES string of the molecule is N#CCC1=C(I)C(P)C(C(F)(F)F)C(F)=C1F. The first kappa shape index (κ1) is 14.8. The van der Waals surface area contributed by atoms with Crippen LogP contribution >= 0.6 is 31.8 Å². The molecule has 0 radical (unpaired) electrons. The quantitative estimate of drug-likeness (QED) is 0.380. The highest BCUT2D eigenvalue weighted by Gasteiger charge is 2.51. The van der Waals surface area contributed by atoms with Gasteiger partial charge in [-0.3, -0.25) is 0 Å². The van der Waals surface area contributed by atoms with Gasteiger partial charge in [-0.1, -0.05) is 0 Å². The van der Waals surface area contributed by atoms with Crippen LogP contribution in [-0.4, -0.2) is 11.8 Å². The summed E-state index contributed by atoms with van der Waals surface area (Å²) < 4.78 is 64.5. The van der Waals surface area contributed by atoms with Crippen LogP contribution in [0.4, 0.5) is 22.0 Å². The molecule has 0 fully saturated rings. The molecule has 1 nitrogen and oxygen atoms in total. The van der Waals surface area contributed by atoms with Crippen LogP contribution < -0.4 is 0 Å². The lowest BCUT2D eigenvalue weighted by Crippen LogP contribution is -2.34. The lowest BCUT2D eigenvalue weighted by Gasteiger charge is -2.30. The molecule has 94 valence electrons. The summed E-state index contributed by atoms with van der Waals surface area (Å²) in [6, 6.07) is 1.60. The molecular formula is C9H6F5INP. The Balaban J connectivity index is 3.31. The molecule has 1 rings (SSSR count). The fourth-order valence-electron chi connectivity index (χ4n) is 1.48. The van der Waals surface area contributed by atoms with Gasteiger partial charge in [0, 0.05) is 14.8 Å². The molecule has 0 spiro atoms. The zero-order valence-electron chi connectivity index (χ0n) is 8.15. The van der Waals surface area contributed by atoms with Crippen molar-refractivity contribution in [3.63, 3.8) is 0 Å². The molecule has 0 bridgehead atoms. The van der Waals surface area contributed by atoms with Crippen molar-refractivity contribution in [1.82, 2.24) is 0 Å². The van der Waals surface area contributed by atoms with Crippen LogP contribution in [-0.2, 0) is 0 Å². The highest BCUT2D eigenvalue weighted by Crippen LogP contribution is 2.49. The predicted molar refractivity (Wildman–Crippen MR) is 63.6 cm³/mol. The topological polar surface area (TPSA) is 23.8 Å². The summed E-state index contributed by atoms with van der Waals surface area (Å²) in [6.07, 6.45) is -5.31. The number of rotatable bonds is 1. The Hall–Kier alpha value is -0.220. The molecule has 0 aliphatic heterocycles. The molecule has 1 aliphatic rings. The minimum atomic E-state index is -4.86. The standard InChI is InChI=1S/C9H6F5INP/c10-5-3(1-2-16)7(15)8(17)4(6(5)11)9(12,13)14/h4,8H,1,17H2. The smallest absolute Gasteiger partial charge is 0.208 e. The Bertz CT molecular complexity index is 434. The van der Waals surface area contributed by atoms with Crippen molar-refractivity contribution in [2.75, 3.05) is 0 Å². The number of halogens is 6. The summed E-state index contributed by atoms with van der Waals surface area (Å²) >= 11 is 1.52. The molecule has 3 atom stereocenters. The van der Waals surface area contributed by atoms with E-state index in [2.05, 4.69) is 0 Å². The van der Waals surface area contributed by atoms with E-state index >= 15 is 0 Å². The van der Waals surface area contributed by atoms with E-state index in [1.54, 1.807) is 6.07 Å². The summed E-state index contributed by atoms with van der Waals surface area (Å²) in [5.41, 5.74) is -1.59. The third-order valence-electron chi connectivity index (χ3n) is 2.30. The number of nitriles is 1. The van der Waals surface area contributed by atoms with Gasteiger partial charge in [0.15, 0.2) is 5.83 Å². The minimum absolute atomic E-state index is 0.00961. The molecule has 0 aromatic rings. The largest absolute Gasteiger partial charge is 0.399 e. The van der Waals surface area contributed by atoms with Gasteiger partial charge in [0.1, 0.15) is 11.7 Å². The predicted octanol–water partition coefficient (Wildman–Crippen LogP) is 4.18. The summed E-state index contributed by atoms with van der Waals surface area (Å²) in [4.78, 5) is 0. The first-order valence-corrected chi connectivity index (χ1v) is 6.09. The maximum atomic E-state index is 13.4. The molecule has 3 unspecified atom stereocenters. The summed E-state index contributed by atoms with van der Waals surface area (Å²) in [6.45, 7) is 0. The van der Waals surface area contributed by atoms with E-state index in [1.807, 2.05) is 9.24 Å². The van der Waals surface area contributed by atoms with Crippen molar-refractivity contribution < 1.29 is 22.0 Å². The lowest BCUT2D eigenvalue weighted by atomic mass is 9.92. The van der Waals surface area contributed by atoms with Gasteiger partial charge < -0.3 is 0 Å². The zero-order valence-corrected chi connectivity index (χ0v) is 11.5. The summed E-state index contributed by atoms with van der Waals surface area (Å²) in [5.74, 6) is -5.90. The van der Waals surface area contributed by atoms with E-state index in [0.29, 0.717) is 0 Å². The van der Waals surface area contributed by atoms with Crippen molar-refractivity contribution >= 4 is 31.8 Å². The molecule has 1 aliphatic carbocycles. The van der Waals surface area contributed by atoms with Crippen LogP contribution in [0.3, 0.4) is 0 Å². The molecule has 0 aromatic heterocycles. The van der Waals surface area contributed by atoms with Crippen LogP contribution in [0, 0.1) is 17.2 Å². The fraction of sp³-hybridized carbons (Fsp3) is 0.444. The van der Waals surface area contributed by atoms with E-state index in [9.17, 15) is 22.0 Å². The van der Waals surface area contributed by atoms with E-state index in [4.69, 9.17) is 5.26 Å². The van der Waals surface area contributed by atoms with Crippen molar-refractivity contribution in [1.29, 1.82) is 5.26 Å². The van der Waals surface area contributed by atoms with E-state index in [0.717, 1.165) is 0 Å². The van der Waals surface area contributed by atoms with Crippen molar-refractivity contribution in [2.45, 2.75) is 18.3 Å². The maximum absolute atomic E-state index is 13.4. The summed E-state index contributed by atoms with van der Waals surface area (Å²) in [7, 11) is 1.85. The monoisotopic (exact) mass is 381 g/mol. The van der Waals surface area contributed by atoms with Gasteiger partial charge in [-0.25, -0.2) is 8.78 Å². The molecule has 0 amide bonds. The zero-order chi connectivity index (χ0) is 13.4. The van der Waals surface area contributed by atoms with Gasteiger partial charge in [-0.15, -0.1) is 9.24 Å². The number of hydrogen-bond acceptors (Lipinski definition) is 1. The number of alkyl halides is 3. The Morgan fingerprint density at radius 1 is 1.35 bits per heavy atom.